The first-order valence-electron chi connectivity index (χ1n) is 8.86. The van der Waals surface area contributed by atoms with Gasteiger partial charge in [-0.3, -0.25) is 25.0 Å². The fourth-order valence-electron chi connectivity index (χ4n) is 2.43. The average molecular weight is 435 g/mol. The molecule has 3 aromatic rings. The fraction of sp³-hybridized carbons (Fsp3) is 0. The molecular weight excluding hydrogens is 422 g/mol. The molecule has 160 valence electrons. The number of carbonyl (C=O) groups is 2. The Labute approximate surface area is 179 Å². The third kappa shape index (κ3) is 5.54. The summed E-state index contributed by atoms with van der Waals surface area (Å²) in [5.74, 6) is -1.57. The molecule has 1 amide bonds. The zero-order valence-electron chi connectivity index (χ0n) is 16.1. The predicted molar refractivity (Wildman–Crippen MR) is 111 cm³/mol. The van der Waals surface area contributed by atoms with Crippen LogP contribution in [0.25, 0.3) is 0 Å². The molecule has 0 aliphatic heterocycles. The Morgan fingerprint density at radius 3 is 1.97 bits per heavy atom. The lowest BCUT2D eigenvalue weighted by Crippen LogP contribution is -2.11. The number of non-ortho nitro benzene ring substituents is 2. The standard InChI is InChI=1S/C20H13N5O7/c26-19(13-4-2-1-3-5-13)22-21-15-6-8-16(9-7-15)23-32-20(27)14-10-17(24(28)29)12-18(11-14)25(30)31/h1-12,23H. The maximum Gasteiger partial charge on any atom is 0.363 e. The van der Waals surface area contributed by atoms with E-state index in [1.54, 1.807) is 30.3 Å². The Morgan fingerprint density at radius 1 is 0.812 bits per heavy atom. The van der Waals surface area contributed by atoms with Gasteiger partial charge in [-0.2, -0.15) is 0 Å². The number of nitrogens with one attached hydrogen (secondary N) is 1. The van der Waals surface area contributed by atoms with Gasteiger partial charge in [0, 0.05) is 17.7 Å². The van der Waals surface area contributed by atoms with Crippen molar-refractivity contribution < 1.29 is 24.3 Å². The van der Waals surface area contributed by atoms with E-state index in [1.165, 1.54) is 24.3 Å². The summed E-state index contributed by atoms with van der Waals surface area (Å²) in [6, 6.07) is 16.8. The molecule has 1 N–H and O–H groups in total. The van der Waals surface area contributed by atoms with Crippen molar-refractivity contribution in [2.24, 2.45) is 10.2 Å². The summed E-state index contributed by atoms with van der Waals surface area (Å²) in [4.78, 5) is 49.0. The Balaban J connectivity index is 1.63. The minimum atomic E-state index is -1.06. The molecule has 0 aromatic heterocycles. The summed E-state index contributed by atoms with van der Waals surface area (Å²) >= 11 is 0. The lowest BCUT2D eigenvalue weighted by Gasteiger charge is -2.07. The van der Waals surface area contributed by atoms with Crippen molar-refractivity contribution in [2.75, 3.05) is 5.48 Å². The molecule has 0 fully saturated rings. The summed E-state index contributed by atoms with van der Waals surface area (Å²) < 4.78 is 0. The molecule has 32 heavy (non-hydrogen) atoms. The van der Waals surface area contributed by atoms with Crippen LogP contribution in [0.1, 0.15) is 20.7 Å². The second-order valence-corrected chi connectivity index (χ2v) is 6.16. The van der Waals surface area contributed by atoms with Crippen molar-refractivity contribution in [2.45, 2.75) is 0 Å². The van der Waals surface area contributed by atoms with E-state index in [-0.39, 0.29) is 5.56 Å². The molecule has 0 spiro atoms. The van der Waals surface area contributed by atoms with Crippen LogP contribution in [0.4, 0.5) is 22.7 Å². The highest BCUT2D eigenvalue weighted by Gasteiger charge is 2.21. The van der Waals surface area contributed by atoms with Crippen molar-refractivity contribution in [1.29, 1.82) is 0 Å². The SMILES string of the molecule is O=C(N=Nc1ccc(NOC(=O)c2cc([N+](=O)[O-])cc([N+](=O)[O-])c2)cc1)c1ccccc1. The third-order valence-electron chi connectivity index (χ3n) is 3.97. The number of carbonyl (C=O) groups excluding carboxylic acids is 2. The van der Waals surface area contributed by atoms with Crippen molar-refractivity contribution in [3.63, 3.8) is 0 Å². The van der Waals surface area contributed by atoms with Crippen LogP contribution in [-0.4, -0.2) is 21.7 Å². The molecular formula is C20H13N5O7. The molecule has 3 aromatic carbocycles. The lowest BCUT2D eigenvalue weighted by atomic mass is 10.2. The molecule has 0 radical (unpaired) electrons. The Morgan fingerprint density at radius 2 is 1.41 bits per heavy atom. The van der Waals surface area contributed by atoms with E-state index in [9.17, 15) is 29.8 Å². The number of rotatable bonds is 7. The van der Waals surface area contributed by atoms with Gasteiger partial charge in [0.2, 0.25) is 0 Å². The molecule has 3 rings (SSSR count). The van der Waals surface area contributed by atoms with Gasteiger partial charge < -0.3 is 4.84 Å². The molecule has 0 bridgehead atoms. The maximum atomic E-state index is 12.1. The summed E-state index contributed by atoms with van der Waals surface area (Å²) in [5, 5.41) is 29.3. The zero-order chi connectivity index (χ0) is 23.1. The lowest BCUT2D eigenvalue weighted by molar-refractivity contribution is -0.394. The number of hydrogen-bond donors (Lipinski definition) is 1. The molecule has 0 unspecified atom stereocenters. The second kappa shape index (κ2) is 9.67. The van der Waals surface area contributed by atoms with Gasteiger partial charge in [0.1, 0.15) is 0 Å². The number of nitro benzene ring substituents is 2. The van der Waals surface area contributed by atoms with Crippen molar-refractivity contribution >= 4 is 34.6 Å². The van der Waals surface area contributed by atoms with Crippen LogP contribution in [0.2, 0.25) is 0 Å². The van der Waals surface area contributed by atoms with Crippen molar-refractivity contribution in [3.8, 4) is 0 Å². The normalized spacial score (nSPS) is 10.5. The van der Waals surface area contributed by atoms with Crippen LogP contribution in [0.3, 0.4) is 0 Å². The van der Waals surface area contributed by atoms with Crippen molar-refractivity contribution in [3.05, 3.63) is 104 Å². The highest BCUT2D eigenvalue weighted by molar-refractivity contribution is 5.94. The molecule has 0 atom stereocenters. The predicted octanol–water partition coefficient (Wildman–Crippen LogP) is 4.61. The first-order valence-corrected chi connectivity index (χ1v) is 8.86. The second-order valence-electron chi connectivity index (χ2n) is 6.16. The quantitative estimate of drug-likeness (QED) is 0.319. The summed E-state index contributed by atoms with van der Waals surface area (Å²) in [5.41, 5.74) is 1.78. The molecule has 0 aliphatic carbocycles. The van der Waals surface area contributed by atoms with E-state index in [4.69, 9.17) is 4.84 Å². The van der Waals surface area contributed by atoms with Gasteiger partial charge >= 0.3 is 5.97 Å². The van der Waals surface area contributed by atoms with E-state index >= 15 is 0 Å². The monoisotopic (exact) mass is 435 g/mol. The van der Waals surface area contributed by atoms with Crippen LogP contribution in [0, 0.1) is 20.2 Å². The van der Waals surface area contributed by atoms with Crippen LogP contribution in [-0.2, 0) is 4.84 Å². The minimum absolute atomic E-state index is 0.312. The minimum Gasteiger partial charge on any atom is -0.338 e. The molecule has 0 saturated carbocycles. The van der Waals surface area contributed by atoms with Gasteiger partial charge in [0.25, 0.3) is 17.3 Å². The van der Waals surface area contributed by atoms with Crippen LogP contribution >= 0.6 is 0 Å². The average Bonchev–Trinajstić information content (AvgIpc) is 2.81. The topological polar surface area (TPSA) is 166 Å². The molecule has 0 heterocycles. The van der Waals surface area contributed by atoms with Crippen LogP contribution < -0.4 is 5.48 Å². The number of benzene rings is 3. The number of azo groups is 1. The van der Waals surface area contributed by atoms with Crippen LogP contribution in [0.5, 0.6) is 0 Å². The van der Waals surface area contributed by atoms with E-state index in [1.807, 2.05) is 0 Å². The van der Waals surface area contributed by atoms with E-state index < -0.39 is 33.1 Å². The van der Waals surface area contributed by atoms with Crippen LogP contribution in [0.15, 0.2) is 83.0 Å². The number of nitro groups is 2. The first kappa shape index (κ1) is 21.7. The smallest absolute Gasteiger partial charge is 0.338 e. The van der Waals surface area contributed by atoms with Gasteiger partial charge in [-0.15, -0.1) is 10.2 Å². The third-order valence-corrected chi connectivity index (χ3v) is 3.97. The summed E-state index contributed by atoms with van der Waals surface area (Å²) in [6.45, 7) is 0. The zero-order valence-corrected chi connectivity index (χ0v) is 16.1. The molecule has 12 heteroatoms. The molecule has 0 saturated heterocycles. The summed E-state index contributed by atoms with van der Waals surface area (Å²) in [7, 11) is 0. The van der Waals surface area contributed by atoms with Gasteiger partial charge in [0.05, 0.1) is 32.9 Å². The van der Waals surface area contributed by atoms with Gasteiger partial charge in [0.15, 0.2) is 0 Å². The molecule has 12 nitrogen and oxygen atoms in total. The highest BCUT2D eigenvalue weighted by atomic mass is 16.7. The van der Waals surface area contributed by atoms with Gasteiger partial charge in [-0.05, 0) is 36.4 Å². The fourth-order valence-corrected chi connectivity index (χ4v) is 2.43. The summed E-state index contributed by atoms with van der Waals surface area (Å²) in [6.07, 6.45) is 0. The number of nitrogens with zero attached hydrogens (tertiary/aromatic N) is 4. The van der Waals surface area contributed by atoms with Crippen molar-refractivity contribution in [1.82, 2.24) is 0 Å². The number of anilines is 1. The maximum absolute atomic E-state index is 12.1. The van der Waals surface area contributed by atoms with E-state index in [0.717, 1.165) is 18.2 Å². The first-order chi connectivity index (χ1) is 15.3. The molecule has 0 aliphatic rings. The van der Waals surface area contributed by atoms with E-state index in [0.29, 0.717) is 16.9 Å². The Bertz CT molecular complexity index is 1180. The highest BCUT2D eigenvalue weighted by Crippen LogP contribution is 2.23. The number of hydrogen-bond acceptors (Lipinski definition) is 9. The van der Waals surface area contributed by atoms with Gasteiger partial charge in [-0.25, -0.2) is 10.3 Å². The van der Waals surface area contributed by atoms with E-state index in [2.05, 4.69) is 15.7 Å². The Kier molecular flexibility index (Phi) is 6.56. The largest absolute Gasteiger partial charge is 0.363 e. The van der Waals surface area contributed by atoms with Gasteiger partial charge in [-0.1, -0.05) is 18.2 Å². The Hall–Kier alpha value is -5.00. The number of amides is 1.